The number of hydrogen-bond donors (Lipinski definition) is 0. The fourth-order valence-electron chi connectivity index (χ4n) is 2.55. The number of alkyl halides is 3. The number of pyridine rings is 1. The number of halogens is 4. The SMILES string of the molecule is O=S(=O)(C1CC1)N1CCN(c2ncc(C(F)(F)F)cc2Cl)CC1. The highest BCUT2D eigenvalue weighted by atomic mass is 35.5. The second-order valence-corrected chi connectivity index (χ2v) is 8.28. The molecule has 1 aliphatic carbocycles. The number of anilines is 1. The maximum absolute atomic E-state index is 12.6. The highest BCUT2D eigenvalue weighted by molar-refractivity contribution is 7.90. The molecule has 3 rings (SSSR count). The van der Waals surface area contributed by atoms with Crippen LogP contribution in [0.4, 0.5) is 19.0 Å². The summed E-state index contributed by atoms with van der Waals surface area (Å²) in [5.41, 5.74) is -0.902. The predicted octanol–water partition coefficient (Wildman–Crippen LogP) is 2.37. The van der Waals surface area contributed by atoms with Gasteiger partial charge in [0.05, 0.1) is 15.8 Å². The van der Waals surface area contributed by atoms with Gasteiger partial charge in [0.2, 0.25) is 10.0 Å². The minimum atomic E-state index is -4.49. The molecule has 2 aliphatic rings. The van der Waals surface area contributed by atoms with E-state index in [0.717, 1.165) is 12.3 Å². The molecule has 1 aromatic heterocycles. The normalized spacial score (nSPS) is 20.8. The molecule has 1 saturated heterocycles. The summed E-state index contributed by atoms with van der Waals surface area (Å²) in [5.74, 6) is 0.253. The van der Waals surface area contributed by atoms with Crippen molar-refractivity contribution in [1.29, 1.82) is 0 Å². The molecule has 10 heteroatoms. The molecule has 1 aromatic rings. The third kappa shape index (κ3) is 3.41. The first-order valence-corrected chi connectivity index (χ1v) is 9.04. The summed E-state index contributed by atoms with van der Waals surface area (Å²) in [7, 11) is -3.23. The van der Waals surface area contributed by atoms with Crippen molar-refractivity contribution >= 4 is 27.4 Å². The van der Waals surface area contributed by atoms with Gasteiger partial charge in [0.15, 0.2) is 0 Å². The third-order valence-corrected chi connectivity index (χ3v) is 6.67. The lowest BCUT2D eigenvalue weighted by molar-refractivity contribution is -0.137. The first-order valence-electron chi connectivity index (χ1n) is 7.16. The van der Waals surface area contributed by atoms with Gasteiger partial charge in [-0.25, -0.2) is 13.4 Å². The van der Waals surface area contributed by atoms with E-state index in [9.17, 15) is 21.6 Å². The second kappa shape index (κ2) is 5.78. The van der Waals surface area contributed by atoms with E-state index < -0.39 is 21.8 Å². The molecule has 0 radical (unpaired) electrons. The molecule has 0 amide bonds. The average molecular weight is 370 g/mol. The van der Waals surface area contributed by atoms with Crippen molar-refractivity contribution in [3.63, 3.8) is 0 Å². The topological polar surface area (TPSA) is 53.5 Å². The molecule has 5 nitrogen and oxygen atoms in total. The Morgan fingerprint density at radius 2 is 1.78 bits per heavy atom. The van der Waals surface area contributed by atoms with Gasteiger partial charge >= 0.3 is 6.18 Å². The zero-order valence-electron chi connectivity index (χ0n) is 12.1. The van der Waals surface area contributed by atoms with E-state index in [4.69, 9.17) is 11.6 Å². The van der Waals surface area contributed by atoms with Crippen LogP contribution < -0.4 is 4.90 Å². The van der Waals surface area contributed by atoms with Gasteiger partial charge in [-0.3, -0.25) is 0 Å². The van der Waals surface area contributed by atoms with Crippen LogP contribution in [0.3, 0.4) is 0 Å². The summed E-state index contributed by atoms with van der Waals surface area (Å²) < 4.78 is 63.6. The van der Waals surface area contributed by atoms with Crippen LogP contribution in [0, 0.1) is 0 Å². The summed E-state index contributed by atoms with van der Waals surface area (Å²) in [5, 5.41) is -0.347. The molecule has 23 heavy (non-hydrogen) atoms. The summed E-state index contributed by atoms with van der Waals surface area (Å²) in [4.78, 5) is 5.52. The largest absolute Gasteiger partial charge is 0.417 e. The summed E-state index contributed by atoms with van der Waals surface area (Å²) in [6, 6.07) is 0.844. The van der Waals surface area contributed by atoms with Crippen LogP contribution >= 0.6 is 11.6 Å². The van der Waals surface area contributed by atoms with Gasteiger partial charge < -0.3 is 4.90 Å². The number of hydrogen-bond acceptors (Lipinski definition) is 4. The maximum Gasteiger partial charge on any atom is 0.417 e. The lowest BCUT2D eigenvalue weighted by Gasteiger charge is -2.35. The number of aromatic nitrogens is 1. The van der Waals surface area contributed by atoms with E-state index >= 15 is 0 Å². The van der Waals surface area contributed by atoms with Crippen LogP contribution in [0.15, 0.2) is 12.3 Å². The van der Waals surface area contributed by atoms with Gasteiger partial charge in [0.1, 0.15) is 5.82 Å². The van der Waals surface area contributed by atoms with Crippen molar-refractivity contribution in [2.24, 2.45) is 0 Å². The molecule has 0 unspecified atom stereocenters. The fourth-order valence-corrected chi connectivity index (χ4v) is 4.66. The molecule has 0 N–H and O–H groups in total. The molecule has 0 atom stereocenters. The van der Waals surface area contributed by atoms with Crippen LogP contribution in [0.5, 0.6) is 0 Å². The van der Waals surface area contributed by atoms with Gasteiger partial charge in [-0.2, -0.15) is 17.5 Å². The molecule has 1 aliphatic heterocycles. The zero-order chi connectivity index (χ0) is 16.8. The molecule has 0 bridgehead atoms. The summed E-state index contributed by atoms with van der Waals surface area (Å²) in [6.07, 6.45) is -2.34. The van der Waals surface area contributed by atoms with Crippen LogP contribution in [-0.4, -0.2) is 49.1 Å². The van der Waals surface area contributed by atoms with Gasteiger partial charge in [-0.1, -0.05) is 11.6 Å². The van der Waals surface area contributed by atoms with Crippen molar-refractivity contribution in [3.05, 3.63) is 22.8 Å². The molecule has 1 saturated carbocycles. The van der Waals surface area contributed by atoms with Crippen molar-refractivity contribution < 1.29 is 21.6 Å². The van der Waals surface area contributed by atoms with Gasteiger partial charge in [0.25, 0.3) is 0 Å². The number of sulfonamides is 1. The summed E-state index contributed by atoms with van der Waals surface area (Å²) in [6.45, 7) is 1.28. The van der Waals surface area contributed by atoms with E-state index in [0.29, 0.717) is 25.9 Å². The second-order valence-electron chi connectivity index (χ2n) is 5.66. The number of rotatable bonds is 3. The maximum atomic E-state index is 12.6. The Hall–Kier alpha value is -1.06. The van der Waals surface area contributed by atoms with Crippen LogP contribution in [0.1, 0.15) is 18.4 Å². The fraction of sp³-hybridized carbons (Fsp3) is 0.615. The van der Waals surface area contributed by atoms with Crippen molar-refractivity contribution in [2.45, 2.75) is 24.3 Å². The molecular weight excluding hydrogens is 355 g/mol. The Labute approximate surface area is 137 Å². The Morgan fingerprint density at radius 1 is 1.17 bits per heavy atom. The quantitative estimate of drug-likeness (QED) is 0.820. The Morgan fingerprint density at radius 3 is 2.26 bits per heavy atom. The lowest BCUT2D eigenvalue weighted by Crippen LogP contribution is -2.49. The third-order valence-electron chi connectivity index (χ3n) is 3.99. The first kappa shape index (κ1) is 16.8. The van der Waals surface area contributed by atoms with Gasteiger partial charge in [0, 0.05) is 32.4 Å². The smallest absolute Gasteiger partial charge is 0.353 e. The first-order chi connectivity index (χ1) is 10.7. The van der Waals surface area contributed by atoms with Gasteiger partial charge in [-0.05, 0) is 18.9 Å². The van der Waals surface area contributed by atoms with Gasteiger partial charge in [-0.15, -0.1) is 0 Å². The van der Waals surface area contributed by atoms with Crippen LogP contribution in [0.2, 0.25) is 5.02 Å². The molecular formula is C13H15ClF3N3O2S. The predicted molar refractivity (Wildman–Crippen MR) is 80.0 cm³/mol. The molecule has 2 heterocycles. The van der Waals surface area contributed by atoms with Crippen molar-refractivity contribution in [2.75, 3.05) is 31.1 Å². The standard InChI is InChI=1S/C13H15ClF3N3O2S/c14-11-7-9(13(15,16)17)8-18-12(11)19-3-5-20(6-4-19)23(21,22)10-1-2-10/h7-8,10H,1-6H2. The zero-order valence-corrected chi connectivity index (χ0v) is 13.6. The average Bonchev–Trinajstić information content (AvgIpc) is 3.31. The summed E-state index contributed by atoms with van der Waals surface area (Å²) >= 11 is 5.92. The van der Waals surface area contributed by atoms with E-state index in [1.54, 1.807) is 4.90 Å². The van der Waals surface area contributed by atoms with Crippen LogP contribution in [-0.2, 0) is 16.2 Å². The van der Waals surface area contributed by atoms with E-state index in [1.165, 1.54) is 4.31 Å². The van der Waals surface area contributed by atoms with Crippen molar-refractivity contribution in [3.8, 4) is 0 Å². The Kier molecular flexibility index (Phi) is 4.22. The molecule has 0 aromatic carbocycles. The Bertz CT molecular complexity index is 699. The van der Waals surface area contributed by atoms with E-state index in [1.807, 2.05) is 0 Å². The molecule has 2 fully saturated rings. The van der Waals surface area contributed by atoms with Crippen molar-refractivity contribution in [1.82, 2.24) is 9.29 Å². The lowest BCUT2D eigenvalue weighted by atomic mass is 10.2. The number of nitrogens with zero attached hydrogens (tertiary/aromatic N) is 3. The minimum absolute atomic E-state index is 0.0849. The molecule has 0 spiro atoms. The minimum Gasteiger partial charge on any atom is -0.353 e. The van der Waals surface area contributed by atoms with E-state index in [-0.39, 0.29) is 29.2 Å². The Balaban J connectivity index is 1.70. The van der Waals surface area contributed by atoms with E-state index in [2.05, 4.69) is 4.98 Å². The number of piperazine rings is 1. The molecule has 128 valence electrons. The highest BCUT2D eigenvalue weighted by Gasteiger charge is 2.41. The monoisotopic (exact) mass is 369 g/mol. The highest BCUT2D eigenvalue weighted by Crippen LogP contribution is 2.35. The van der Waals surface area contributed by atoms with Crippen LogP contribution in [0.25, 0.3) is 0 Å².